The largest absolute Gasteiger partial charge is 0.302 e. The molecule has 0 aliphatic carbocycles. The van der Waals surface area contributed by atoms with Gasteiger partial charge in [0.15, 0.2) is 5.82 Å². The van der Waals surface area contributed by atoms with Crippen LogP contribution in [0.3, 0.4) is 0 Å². The lowest BCUT2D eigenvalue weighted by Crippen LogP contribution is -2.27. The van der Waals surface area contributed by atoms with Crippen LogP contribution >= 0.6 is 0 Å². The van der Waals surface area contributed by atoms with Gasteiger partial charge in [-0.3, -0.25) is 14.2 Å². The summed E-state index contributed by atoms with van der Waals surface area (Å²) in [4.78, 5) is 32.3. The lowest BCUT2D eigenvalue weighted by Gasteiger charge is -2.25. The van der Waals surface area contributed by atoms with E-state index in [-0.39, 0.29) is 16.9 Å². The molecule has 0 saturated carbocycles. The lowest BCUT2D eigenvalue weighted by atomic mass is 9.98. The van der Waals surface area contributed by atoms with Gasteiger partial charge in [-0.05, 0) is 54.9 Å². The number of carbonyl (C=O) groups excluding carboxylic acids is 1. The van der Waals surface area contributed by atoms with E-state index in [0.29, 0.717) is 16.6 Å². The van der Waals surface area contributed by atoms with Gasteiger partial charge in [-0.25, -0.2) is 9.37 Å². The molecule has 3 heterocycles. The monoisotopic (exact) mass is 335 g/mol. The number of nitrogens with zero attached hydrogens (tertiary/aromatic N) is 3. The molecular formula is C19H14FN3O2. The Morgan fingerprint density at radius 3 is 2.80 bits per heavy atom. The first-order chi connectivity index (χ1) is 12.0. The number of benzene rings is 2. The zero-order chi connectivity index (χ0) is 17.3. The number of aromatic nitrogens is 2. The second kappa shape index (κ2) is 4.83. The predicted molar refractivity (Wildman–Crippen MR) is 90.8 cm³/mol. The molecule has 0 radical (unpaired) electrons. The van der Waals surface area contributed by atoms with Crippen LogP contribution in [-0.2, 0) is 13.0 Å². The fourth-order valence-electron chi connectivity index (χ4n) is 3.76. The van der Waals surface area contributed by atoms with Crippen LogP contribution in [0.5, 0.6) is 0 Å². The van der Waals surface area contributed by atoms with Crippen LogP contribution in [0.4, 0.5) is 4.39 Å². The molecule has 0 fully saturated rings. The number of ketones is 1. The third-order valence-electron chi connectivity index (χ3n) is 5.04. The minimum absolute atomic E-state index is 0.0611. The molecule has 2 aromatic carbocycles. The molecule has 0 amide bonds. The summed E-state index contributed by atoms with van der Waals surface area (Å²) in [6.45, 7) is 1.74. The first kappa shape index (κ1) is 14.5. The van der Waals surface area contributed by atoms with E-state index in [1.54, 1.807) is 0 Å². The second-order valence-corrected chi connectivity index (χ2v) is 6.69. The van der Waals surface area contributed by atoms with Crippen LogP contribution in [0.2, 0.25) is 0 Å². The Morgan fingerprint density at radius 1 is 1.12 bits per heavy atom. The molecular weight excluding hydrogens is 321 g/mol. The third kappa shape index (κ3) is 1.94. The Balaban J connectivity index is 1.83. The predicted octanol–water partition coefficient (Wildman–Crippen LogP) is 2.06. The van der Waals surface area contributed by atoms with Crippen molar-refractivity contribution >= 4 is 16.7 Å². The van der Waals surface area contributed by atoms with Gasteiger partial charge in [0.2, 0.25) is 5.78 Å². The van der Waals surface area contributed by atoms with E-state index in [1.165, 1.54) is 16.7 Å². The Labute approximate surface area is 142 Å². The van der Waals surface area contributed by atoms with Crippen LogP contribution in [0.25, 0.3) is 16.6 Å². The fraction of sp³-hybridized carbons (Fsp3) is 0.211. The summed E-state index contributed by atoms with van der Waals surface area (Å²) in [5, 5.41) is 0.489. The standard InChI is InChI=1S/C19H14FN3O2/c1-22-5-4-10-7-15-13(6-11(10)9-22)19(25)23-16-3-2-12(20)8-14(16)17(24)18(23)21-15/h2-3,6-8H,4-5,9H2,1H3. The van der Waals surface area contributed by atoms with Crippen LogP contribution in [0.1, 0.15) is 27.3 Å². The zero-order valence-electron chi connectivity index (χ0n) is 13.5. The number of rotatable bonds is 0. The van der Waals surface area contributed by atoms with Crippen LogP contribution in [0, 0.1) is 5.82 Å². The molecule has 5 nitrogen and oxygen atoms in total. The molecule has 0 N–H and O–H groups in total. The van der Waals surface area contributed by atoms with Crippen molar-refractivity contribution in [3.8, 4) is 5.69 Å². The minimum Gasteiger partial charge on any atom is -0.302 e. The molecule has 5 rings (SSSR count). The third-order valence-corrected chi connectivity index (χ3v) is 5.04. The van der Waals surface area contributed by atoms with Crippen LogP contribution in [0.15, 0.2) is 35.1 Å². The summed E-state index contributed by atoms with van der Waals surface area (Å²) in [7, 11) is 2.05. The molecule has 0 saturated heterocycles. The maximum atomic E-state index is 13.5. The minimum atomic E-state index is -0.504. The average Bonchev–Trinajstić information content (AvgIpc) is 2.86. The summed E-state index contributed by atoms with van der Waals surface area (Å²) >= 11 is 0. The molecule has 0 spiro atoms. The highest BCUT2D eigenvalue weighted by molar-refractivity contribution is 6.13. The Hall–Kier alpha value is -2.86. The van der Waals surface area contributed by atoms with Crippen molar-refractivity contribution in [2.75, 3.05) is 13.6 Å². The summed E-state index contributed by atoms with van der Waals surface area (Å²) in [6, 6.07) is 7.67. The van der Waals surface area contributed by atoms with Gasteiger partial charge in [-0.15, -0.1) is 0 Å². The Kier molecular flexibility index (Phi) is 2.80. The first-order valence-corrected chi connectivity index (χ1v) is 8.14. The summed E-state index contributed by atoms with van der Waals surface area (Å²) < 4.78 is 14.8. The number of halogens is 1. The molecule has 25 heavy (non-hydrogen) atoms. The van der Waals surface area contributed by atoms with Crippen molar-refractivity contribution in [3.63, 3.8) is 0 Å². The Bertz CT molecular complexity index is 1150. The normalized spacial score (nSPS) is 16.0. The SMILES string of the molecule is CN1CCc2cc3nc4n(c(=O)c3cc2C1)-c1ccc(F)cc1C4=O. The van der Waals surface area contributed by atoms with Crippen LogP contribution in [-0.4, -0.2) is 33.8 Å². The van der Waals surface area contributed by atoms with Crippen molar-refractivity contribution < 1.29 is 9.18 Å². The topological polar surface area (TPSA) is 55.2 Å². The van der Waals surface area contributed by atoms with E-state index in [4.69, 9.17) is 0 Å². The van der Waals surface area contributed by atoms with Gasteiger partial charge in [-0.2, -0.15) is 0 Å². The fourth-order valence-corrected chi connectivity index (χ4v) is 3.76. The van der Waals surface area contributed by atoms with E-state index in [1.807, 2.05) is 19.2 Å². The molecule has 2 aliphatic rings. The van der Waals surface area contributed by atoms with Gasteiger partial charge in [-0.1, -0.05) is 0 Å². The Morgan fingerprint density at radius 2 is 1.96 bits per heavy atom. The number of hydrogen-bond acceptors (Lipinski definition) is 4. The number of fused-ring (bicyclic) bond motifs is 5. The number of hydrogen-bond donors (Lipinski definition) is 0. The van der Waals surface area contributed by atoms with Crippen molar-refractivity contribution in [2.24, 2.45) is 0 Å². The number of likely N-dealkylation sites (N-methyl/N-ethyl adjacent to an activating group) is 1. The van der Waals surface area contributed by atoms with Crippen molar-refractivity contribution in [2.45, 2.75) is 13.0 Å². The summed E-state index contributed by atoms with van der Waals surface area (Å²) in [5.74, 6) is -0.854. The van der Waals surface area contributed by atoms with Crippen molar-refractivity contribution in [1.82, 2.24) is 14.5 Å². The maximum absolute atomic E-state index is 13.5. The quantitative estimate of drug-likeness (QED) is 0.494. The van der Waals surface area contributed by atoms with Gasteiger partial charge < -0.3 is 4.90 Å². The van der Waals surface area contributed by atoms with Gasteiger partial charge >= 0.3 is 0 Å². The first-order valence-electron chi connectivity index (χ1n) is 8.14. The second-order valence-electron chi connectivity index (χ2n) is 6.69. The van der Waals surface area contributed by atoms with Gasteiger partial charge in [0.05, 0.1) is 22.2 Å². The maximum Gasteiger partial charge on any atom is 0.266 e. The molecule has 3 aromatic rings. The smallest absolute Gasteiger partial charge is 0.266 e. The van der Waals surface area contributed by atoms with Gasteiger partial charge in [0, 0.05) is 13.1 Å². The van der Waals surface area contributed by atoms with Gasteiger partial charge in [0.1, 0.15) is 5.82 Å². The van der Waals surface area contributed by atoms with Gasteiger partial charge in [0.25, 0.3) is 5.56 Å². The highest BCUT2D eigenvalue weighted by atomic mass is 19.1. The van der Waals surface area contributed by atoms with E-state index < -0.39 is 11.6 Å². The molecule has 0 atom stereocenters. The average molecular weight is 335 g/mol. The molecule has 2 aliphatic heterocycles. The number of carbonyl (C=O) groups is 1. The van der Waals surface area contributed by atoms with E-state index in [0.717, 1.165) is 36.7 Å². The molecule has 124 valence electrons. The van der Waals surface area contributed by atoms with E-state index >= 15 is 0 Å². The van der Waals surface area contributed by atoms with Crippen LogP contribution < -0.4 is 5.56 Å². The van der Waals surface area contributed by atoms with Crippen molar-refractivity contribution in [1.29, 1.82) is 0 Å². The zero-order valence-corrected chi connectivity index (χ0v) is 13.5. The lowest BCUT2D eigenvalue weighted by molar-refractivity contribution is 0.103. The van der Waals surface area contributed by atoms with E-state index in [9.17, 15) is 14.0 Å². The molecule has 1 aromatic heterocycles. The van der Waals surface area contributed by atoms with E-state index in [2.05, 4.69) is 9.88 Å². The highest BCUT2D eigenvalue weighted by Crippen LogP contribution is 2.28. The highest BCUT2D eigenvalue weighted by Gasteiger charge is 2.31. The van der Waals surface area contributed by atoms with Crippen molar-refractivity contribution in [3.05, 3.63) is 69.0 Å². The molecule has 0 unspecified atom stereocenters. The molecule has 0 bridgehead atoms. The summed E-state index contributed by atoms with van der Waals surface area (Å²) in [5.41, 5.74) is 3.11. The molecule has 6 heteroatoms. The summed E-state index contributed by atoms with van der Waals surface area (Å²) in [6.07, 6.45) is 0.890.